The Hall–Kier alpha value is -2.50. The van der Waals surface area contributed by atoms with Gasteiger partial charge in [-0.1, -0.05) is 6.07 Å². The monoisotopic (exact) mass is 270 g/mol. The van der Waals surface area contributed by atoms with Gasteiger partial charge in [-0.05, 0) is 37.1 Å². The van der Waals surface area contributed by atoms with Crippen LogP contribution in [0.3, 0.4) is 0 Å². The van der Waals surface area contributed by atoms with Crippen molar-refractivity contribution in [3.8, 4) is 0 Å². The van der Waals surface area contributed by atoms with Crippen molar-refractivity contribution >= 4 is 11.9 Å². The minimum absolute atomic E-state index is 0.310. The summed E-state index contributed by atoms with van der Waals surface area (Å²) in [7, 11) is 0. The van der Waals surface area contributed by atoms with Crippen LogP contribution in [0.1, 0.15) is 32.9 Å². The molecule has 0 fully saturated rings. The molecule has 0 spiro atoms. The van der Waals surface area contributed by atoms with Crippen LogP contribution in [0.5, 0.6) is 0 Å². The summed E-state index contributed by atoms with van der Waals surface area (Å²) < 4.78 is 0. The number of benzene rings is 1. The molecule has 102 valence electrons. The Kier molecular flexibility index (Phi) is 2.85. The van der Waals surface area contributed by atoms with E-state index in [0.717, 1.165) is 22.5 Å². The SMILES string of the molecule is Cc1nnc(N2Cc3ccc(C(=O)O)cc3C2)nc1C. The molecule has 0 saturated heterocycles. The first-order chi connectivity index (χ1) is 9.54. The van der Waals surface area contributed by atoms with E-state index in [0.29, 0.717) is 24.6 Å². The summed E-state index contributed by atoms with van der Waals surface area (Å²) in [4.78, 5) is 17.4. The van der Waals surface area contributed by atoms with E-state index < -0.39 is 5.97 Å². The number of nitrogens with zero attached hydrogens (tertiary/aromatic N) is 4. The maximum Gasteiger partial charge on any atom is 0.335 e. The van der Waals surface area contributed by atoms with Gasteiger partial charge in [0.15, 0.2) is 0 Å². The molecule has 0 atom stereocenters. The van der Waals surface area contributed by atoms with Crippen LogP contribution in [0, 0.1) is 13.8 Å². The second kappa shape index (κ2) is 4.56. The van der Waals surface area contributed by atoms with Gasteiger partial charge in [-0.15, -0.1) is 5.10 Å². The van der Waals surface area contributed by atoms with E-state index in [-0.39, 0.29) is 0 Å². The van der Waals surface area contributed by atoms with Crippen LogP contribution < -0.4 is 4.90 Å². The van der Waals surface area contributed by atoms with E-state index >= 15 is 0 Å². The van der Waals surface area contributed by atoms with Gasteiger partial charge in [0.2, 0.25) is 5.95 Å². The number of carbonyl (C=O) groups is 1. The van der Waals surface area contributed by atoms with Crippen LogP contribution >= 0.6 is 0 Å². The molecule has 1 aromatic heterocycles. The van der Waals surface area contributed by atoms with E-state index in [2.05, 4.69) is 15.2 Å². The zero-order valence-corrected chi connectivity index (χ0v) is 11.3. The molecule has 0 radical (unpaired) electrons. The highest BCUT2D eigenvalue weighted by Gasteiger charge is 2.22. The molecule has 2 heterocycles. The molecule has 1 N–H and O–H groups in total. The second-order valence-corrected chi connectivity index (χ2v) is 4.93. The summed E-state index contributed by atoms with van der Waals surface area (Å²) in [6.45, 7) is 5.07. The van der Waals surface area contributed by atoms with Crippen molar-refractivity contribution in [3.63, 3.8) is 0 Å². The maximum atomic E-state index is 11.0. The Morgan fingerprint density at radius 1 is 1.15 bits per heavy atom. The largest absolute Gasteiger partial charge is 0.478 e. The fourth-order valence-electron chi connectivity index (χ4n) is 2.25. The summed E-state index contributed by atoms with van der Waals surface area (Å²) in [5.74, 6) is -0.323. The lowest BCUT2D eigenvalue weighted by atomic mass is 10.1. The van der Waals surface area contributed by atoms with Crippen molar-refractivity contribution in [2.75, 3.05) is 4.90 Å². The lowest BCUT2D eigenvalue weighted by molar-refractivity contribution is 0.0697. The summed E-state index contributed by atoms with van der Waals surface area (Å²) in [5, 5.41) is 17.2. The van der Waals surface area contributed by atoms with Crippen molar-refractivity contribution < 1.29 is 9.90 Å². The zero-order chi connectivity index (χ0) is 14.3. The number of fused-ring (bicyclic) bond motifs is 1. The molecule has 1 aliphatic heterocycles. The van der Waals surface area contributed by atoms with E-state index in [1.807, 2.05) is 24.8 Å². The van der Waals surface area contributed by atoms with Gasteiger partial charge in [0.25, 0.3) is 0 Å². The van der Waals surface area contributed by atoms with Gasteiger partial charge in [0, 0.05) is 13.1 Å². The first-order valence-corrected chi connectivity index (χ1v) is 6.32. The average molecular weight is 270 g/mol. The van der Waals surface area contributed by atoms with Crippen molar-refractivity contribution in [1.29, 1.82) is 0 Å². The van der Waals surface area contributed by atoms with E-state index in [4.69, 9.17) is 5.11 Å². The lowest BCUT2D eigenvalue weighted by Crippen LogP contribution is -2.19. The van der Waals surface area contributed by atoms with Gasteiger partial charge < -0.3 is 10.0 Å². The third-order valence-corrected chi connectivity index (χ3v) is 3.54. The Labute approximate surface area is 116 Å². The number of aromatic carboxylic acids is 1. The first-order valence-electron chi connectivity index (χ1n) is 6.32. The molecule has 2 aromatic rings. The minimum Gasteiger partial charge on any atom is -0.478 e. The third-order valence-electron chi connectivity index (χ3n) is 3.54. The van der Waals surface area contributed by atoms with Crippen LogP contribution in [0.2, 0.25) is 0 Å². The van der Waals surface area contributed by atoms with Crippen molar-refractivity contribution in [2.45, 2.75) is 26.9 Å². The molecule has 6 heteroatoms. The van der Waals surface area contributed by atoms with Crippen molar-refractivity contribution in [3.05, 3.63) is 46.3 Å². The topological polar surface area (TPSA) is 79.2 Å². The highest BCUT2D eigenvalue weighted by Crippen LogP contribution is 2.26. The Morgan fingerprint density at radius 3 is 2.60 bits per heavy atom. The minimum atomic E-state index is -0.907. The Balaban J connectivity index is 1.89. The predicted octanol–water partition coefficient (Wildman–Crippen LogP) is 1.71. The molecule has 0 bridgehead atoms. The summed E-state index contributed by atoms with van der Waals surface area (Å²) in [6.07, 6.45) is 0. The van der Waals surface area contributed by atoms with Gasteiger partial charge in [-0.3, -0.25) is 0 Å². The normalized spacial score (nSPS) is 13.4. The second-order valence-electron chi connectivity index (χ2n) is 4.93. The van der Waals surface area contributed by atoms with Crippen LogP contribution in [0.4, 0.5) is 5.95 Å². The smallest absolute Gasteiger partial charge is 0.335 e. The lowest BCUT2D eigenvalue weighted by Gasteiger charge is -2.14. The summed E-state index contributed by atoms with van der Waals surface area (Å²) >= 11 is 0. The number of hydrogen-bond acceptors (Lipinski definition) is 5. The van der Waals surface area contributed by atoms with Crippen molar-refractivity contribution in [1.82, 2.24) is 15.2 Å². The molecule has 1 aliphatic rings. The van der Waals surface area contributed by atoms with Crippen LogP contribution in [0.25, 0.3) is 0 Å². The molecule has 0 unspecified atom stereocenters. The molecular weight excluding hydrogens is 256 g/mol. The fraction of sp³-hybridized carbons (Fsp3) is 0.286. The molecular formula is C14H14N4O2. The third kappa shape index (κ3) is 2.09. The van der Waals surface area contributed by atoms with Gasteiger partial charge in [-0.2, -0.15) is 5.10 Å². The number of carboxylic acids is 1. The Morgan fingerprint density at radius 2 is 1.90 bits per heavy atom. The number of hydrogen-bond donors (Lipinski definition) is 1. The molecule has 20 heavy (non-hydrogen) atoms. The first kappa shape index (κ1) is 12.5. The molecule has 6 nitrogen and oxygen atoms in total. The van der Waals surface area contributed by atoms with Gasteiger partial charge in [0.1, 0.15) is 0 Å². The molecule has 1 aromatic carbocycles. The summed E-state index contributed by atoms with van der Waals surface area (Å²) in [6, 6.07) is 5.20. The highest BCUT2D eigenvalue weighted by molar-refractivity contribution is 5.88. The number of aromatic nitrogens is 3. The van der Waals surface area contributed by atoms with Crippen LogP contribution in [-0.4, -0.2) is 26.3 Å². The fourth-order valence-corrected chi connectivity index (χ4v) is 2.25. The van der Waals surface area contributed by atoms with Crippen LogP contribution in [-0.2, 0) is 13.1 Å². The number of carboxylic acid groups (broad SMARTS) is 1. The molecule has 0 amide bonds. The van der Waals surface area contributed by atoms with Gasteiger partial charge >= 0.3 is 5.97 Å². The molecule has 0 saturated carbocycles. The van der Waals surface area contributed by atoms with Gasteiger partial charge in [-0.25, -0.2) is 9.78 Å². The highest BCUT2D eigenvalue weighted by atomic mass is 16.4. The summed E-state index contributed by atoms with van der Waals surface area (Å²) in [5.41, 5.74) is 4.10. The molecule has 3 rings (SSSR count). The van der Waals surface area contributed by atoms with E-state index in [1.165, 1.54) is 0 Å². The number of aryl methyl sites for hydroxylation is 2. The van der Waals surface area contributed by atoms with Crippen molar-refractivity contribution in [2.24, 2.45) is 0 Å². The number of rotatable bonds is 2. The average Bonchev–Trinajstić information content (AvgIpc) is 2.84. The Bertz CT molecular complexity index is 700. The van der Waals surface area contributed by atoms with E-state index in [9.17, 15) is 4.79 Å². The van der Waals surface area contributed by atoms with Crippen LogP contribution in [0.15, 0.2) is 18.2 Å². The zero-order valence-electron chi connectivity index (χ0n) is 11.3. The quantitative estimate of drug-likeness (QED) is 0.894. The predicted molar refractivity (Wildman–Crippen MR) is 72.6 cm³/mol. The van der Waals surface area contributed by atoms with Gasteiger partial charge in [0.05, 0.1) is 17.0 Å². The standard InChI is InChI=1S/C14H14N4O2/c1-8-9(2)16-17-14(15-8)18-6-11-4-3-10(13(19)20)5-12(11)7-18/h3-5H,6-7H2,1-2H3,(H,19,20). The maximum absolute atomic E-state index is 11.0. The van der Waals surface area contributed by atoms with E-state index in [1.54, 1.807) is 12.1 Å². The molecule has 0 aliphatic carbocycles. The number of anilines is 1.